The van der Waals surface area contributed by atoms with Crippen LogP contribution in [0, 0.1) is 0 Å². The highest BCUT2D eigenvalue weighted by atomic mass is 16.6. The van der Waals surface area contributed by atoms with Crippen LogP contribution in [0.15, 0.2) is 21.2 Å². The van der Waals surface area contributed by atoms with Crippen LogP contribution in [0.1, 0.15) is 41.0 Å². The van der Waals surface area contributed by atoms with Gasteiger partial charge in [-0.05, 0) is 41.0 Å². The van der Waals surface area contributed by atoms with Crippen molar-refractivity contribution in [3.63, 3.8) is 0 Å². The number of fused-ring (bicyclic) bond motifs is 1. The van der Waals surface area contributed by atoms with Crippen LogP contribution in [-0.2, 0) is 25.4 Å². The summed E-state index contributed by atoms with van der Waals surface area (Å²) in [7, 11) is 5.00. The Morgan fingerprint density at radius 3 is 2.47 bits per heavy atom. The van der Waals surface area contributed by atoms with E-state index in [2.05, 4.69) is 0 Å². The lowest BCUT2D eigenvalue weighted by Crippen LogP contribution is -2.40. The third-order valence-corrected chi connectivity index (χ3v) is 5.69. The average molecular weight is 447 g/mol. The summed E-state index contributed by atoms with van der Waals surface area (Å²) in [5.74, 6) is 0.590. The number of carbonyl (C=O) groups is 1. The number of imidazole rings is 1. The second-order valence-electron chi connectivity index (χ2n) is 9.66. The van der Waals surface area contributed by atoms with Crippen LogP contribution in [0.2, 0.25) is 0 Å². The first kappa shape index (κ1) is 23.6. The molecule has 0 aliphatic carbocycles. The van der Waals surface area contributed by atoms with Crippen LogP contribution < -0.4 is 16.1 Å². The zero-order chi connectivity index (χ0) is 24.0. The van der Waals surface area contributed by atoms with Gasteiger partial charge in [-0.2, -0.15) is 4.98 Å². The first-order valence-corrected chi connectivity index (χ1v) is 10.8. The first-order chi connectivity index (χ1) is 14.8. The van der Waals surface area contributed by atoms with Gasteiger partial charge in [0, 0.05) is 40.8 Å². The van der Waals surface area contributed by atoms with Gasteiger partial charge in [0.05, 0.1) is 6.04 Å². The topological polar surface area (TPSA) is 94.6 Å². The number of likely N-dealkylation sites (tertiary alicyclic amines) is 1. The number of hydrogen-bond donors (Lipinski definition) is 0. The summed E-state index contributed by atoms with van der Waals surface area (Å²) >= 11 is 0. The van der Waals surface area contributed by atoms with Gasteiger partial charge in [-0.25, -0.2) is 9.59 Å². The minimum absolute atomic E-state index is 0.00524. The van der Waals surface area contributed by atoms with Gasteiger partial charge in [-0.3, -0.25) is 13.9 Å². The van der Waals surface area contributed by atoms with Crippen LogP contribution >= 0.6 is 0 Å². The summed E-state index contributed by atoms with van der Waals surface area (Å²) in [6, 6.07) is 0.00524. The zero-order valence-electron chi connectivity index (χ0n) is 20.3. The molecule has 10 nitrogen and oxygen atoms in total. The number of rotatable bonds is 4. The molecule has 0 N–H and O–H groups in total. The molecule has 1 saturated heterocycles. The molecule has 1 amide bonds. The Kier molecular flexibility index (Phi) is 6.26. The fourth-order valence-corrected chi connectivity index (χ4v) is 3.86. The van der Waals surface area contributed by atoms with Crippen LogP contribution in [0.3, 0.4) is 0 Å². The van der Waals surface area contributed by atoms with E-state index in [4.69, 9.17) is 9.72 Å². The first-order valence-electron chi connectivity index (χ1n) is 10.8. The molecule has 2 aromatic heterocycles. The third kappa shape index (κ3) is 4.44. The Morgan fingerprint density at radius 2 is 1.88 bits per heavy atom. The Balaban J connectivity index is 2.02. The molecule has 3 rings (SSSR count). The van der Waals surface area contributed by atoms with E-state index < -0.39 is 11.3 Å². The van der Waals surface area contributed by atoms with E-state index in [9.17, 15) is 14.4 Å². The molecule has 0 radical (unpaired) electrons. The smallest absolute Gasteiger partial charge is 0.410 e. The molecule has 1 atom stereocenters. The van der Waals surface area contributed by atoms with Crippen molar-refractivity contribution in [3.05, 3.63) is 32.5 Å². The number of nitrogens with zero attached hydrogens (tertiary/aromatic N) is 6. The summed E-state index contributed by atoms with van der Waals surface area (Å²) in [5.41, 5.74) is 0.503. The molecule has 0 aromatic carbocycles. The minimum atomic E-state index is -0.551. The highest BCUT2D eigenvalue weighted by Crippen LogP contribution is 2.25. The zero-order valence-corrected chi connectivity index (χ0v) is 20.3. The molecule has 1 fully saturated rings. The van der Waals surface area contributed by atoms with E-state index in [1.54, 1.807) is 11.9 Å². The maximum absolute atomic E-state index is 13.0. The highest BCUT2D eigenvalue weighted by molar-refractivity contribution is 5.75. The highest BCUT2D eigenvalue weighted by Gasteiger charge is 2.34. The van der Waals surface area contributed by atoms with Crippen LogP contribution in [-0.4, -0.2) is 61.5 Å². The van der Waals surface area contributed by atoms with Crippen molar-refractivity contribution < 1.29 is 9.53 Å². The van der Waals surface area contributed by atoms with Gasteiger partial charge in [0.1, 0.15) is 5.60 Å². The normalized spacial score (nSPS) is 16.5. The van der Waals surface area contributed by atoms with Gasteiger partial charge in [-0.1, -0.05) is 11.6 Å². The van der Waals surface area contributed by atoms with Crippen molar-refractivity contribution in [3.8, 4) is 0 Å². The maximum Gasteiger partial charge on any atom is 0.410 e. The van der Waals surface area contributed by atoms with Crippen molar-refractivity contribution >= 4 is 23.2 Å². The van der Waals surface area contributed by atoms with E-state index in [-0.39, 0.29) is 17.7 Å². The predicted octanol–water partition coefficient (Wildman–Crippen LogP) is 1.85. The lowest BCUT2D eigenvalue weighted by atomic mass is 10.2. The molecule has 0 saturated carbocycles. The van der Waals surface area contributed by atoms with Gasteiger partial charge in [0.15, 0.2) is 11.2 Å². The van der Waals surface area contributed by atoms with Crippen molar-refractivity contribution in [1.82, 2.24) is 23.6 Å². The number of hydrogen-bond acceptors (Lipinski definition) is 6. The second-order valence-corrected chi connectivity index (χ2v) is 9.66. The van der Waals surface area contributed by atoms with Crippen molar-refractivity contribution in [2.45, 2.75) is 59.2 Å². The number of amides is 1. The maximum atomic E-state index is 13.0. The molecular weight excluding hydrogens is 412 g/mol. The number of aromatic nitrogens is 4. The number of allylic oxidation sites excluding steroid dienone is 2. The number of anilines is 1. The summed E-state index contributed by atoms with van der Waals surface area (Å²) in [6.07, 6.45) is 2.44. The molecule has 0 spiro atoms. The van der Waals surface area contributed by atoms with Crippen molar-refractivity contribution in [2.75, 3.05) is 25.0 Å². The molecule has 2 aromatic rings. The molecule has 1 aliphatic heterocycles. The van der Waals surface area contributed by atoms with Crippen LogP contribution in [0.4, 0.5) is 10.7 Å². The molecular formula is C22H34N6O4. The molecule has 176 valence electrons. The van der Waals surface area contributed by atoms with Gasteiger partial charge >= 0.3 is 11.8 Å². The van der Waals surface area contributed by atoms with Gasteiger partial charge in [0.2, 0.25) is 5.95 Å². The molecule has 1 unspecified atom stereocenters. The quantitative estimate of drug-likeness (QED) is 0.666. The lowest BCUT2D eigenvalue weighted by molar-refractivity contribution is 0.0292. The fraction of sp³-hybridized carbons (Fsp3) is 0.636. The summed E-state index contributed by atoms with van der Waals surface area (Å²) in [4.78, 5) is 46.3. The molecule has 3 heterocycles. The fourth-order valence-electron chi connectivity index (χ4n) is 3.86. The monoisotopic (exact) mass is 446 g/mol. The van der Waals surface area contributed by atoms with Crippen LogP contribution in [0.25, 0.3) is 11.2 Å². The summed E-state index contributed by atoms with van der Waals surface area (Å²) < 4.78 is 9.86. The Bertz CT molecular complexity index is 1180. The van der Waals surface area contributed by atoms with Crippen LogP contribution in [0.5, 0.6) is 0 Å². The number of ether oxygens (including phenoxy) is 1. The van der Waals surface area contributed by atoms with Crippen molar-refractivity contribution in [1.29, 1.82) is 0 Å². The van der Waals surface area contributed by atoms with Gasteiger partial charge in [-0.15, -0.1) is 0 Å². The van der Waals surface area contributed by atoms with Crippen molar-refractivity contribution in [2.24, 2.45) is 14.1 Å². The molecule has 10 heteroatoms. The number of aryl methyl sites for hydroxylation is 1. The standard InChI is InChI=1S/C22H34N6O4/c1-14(2)9-12-28-16-17(25(7)20(30)26(8)18(16)29)23-19(28)24(6)15-10-11-27(13-15)21(31)32-22(3,4)5/h9,15H,10-13H2,1-8H3. The Hall–Kier alpha value is -3.04. The lowest BCUT2D eigenvalue weighted by Gasteiger charge is -2.27. The Labute approximate surface area is 187 Å². The third-order valence-electron chi connectivity index (χ3n) is 5.69. The summed E-state index contributed by atoms with van der Waals surface area (Å²) in [5, 5.41) is 0. The molecule has 32 heavy (non-hydrogen) atoms. The average Bonchev–Trinajstić information content (AvgIpc) is 3.32. The number of carbonyl (C=O) groups excluding carboxylic acids is 1. The predicted molar refractivity (Wildman–Crippen MR) is 124 cm³/mol. The van der Waals surface area contributed by atoms with E-state index >= 15 is 0 Å². The molecule has 1 aliphatic rings. The van der Waals surface area contributed by atoms with E-state index in [1.165, 1.54) is 11.6 Å². The SMILES string of the molecule is CC(C)=CCn1c(N(C)C2CCN(C(=O)OC(C)(C)C)C2)nc2c1c(=O)n(C)c(=O)n2C. The van der Waals surface area contributed by atoms with E-state index in [1.807, 2.05) is 57.2 Å². The second kappa shape index (κ2) is 8.48. The molecule has 0 bridgehead atoms. The van der Waals surface area contributed by atoms with E-state index in [0.29, 0.717) is 36.7 Å². The van der Waals surface area contributed by atoms with E-state index in [0.717, 1.165) is 16.6 Å². The van der Waals surface area contributed by atoms with Gasteiger partial charge < -0.3 is 19.1 Å². The van der Waals surface area contributed by atoms with Gasteiger partial charge in [0.25, 0.3) is 5.56 Å². The minimum Gasteiger partial charge on any atom is -0.444 e. The largest absolute Gasteiger partial charge is 0.444 e. The summed E-state index contributed by atoms with van der Waals surface area (Å²) in [6.45, 7) is 11.1. The Morgan fingerprint density at radius 1 is 1.22 bits per heavy atom. The number of likely N-dealkylation sites (N-methyl/N-ethyl adjacent to an activating group) is 1.